The quantitative estimate of drug-likeness (QED) is 0.339. The molecule has 2 heterocycles. The number of esters is 1. The molecule has 8 nitrogen and oxygen atoms in total. The summed E-state index contributed by atoms with van der Waals surface area (Å²) in [5.41, 5.74) is 0.969. The van der Waals surface area contributed by atoms with Crippen LogP contribution in [0.25, 0.3) is 0 Å². The number of hydrogen-bond acceptors (Lipinski definition) is 6. The smallest absolute Gasteiger partial charge is 0.305 e. The number of aromatic nitrogens is 1. The second-order valence-corrected chi connectivity index (χ2v) is 5.76. The molecule has 1 aliphatic rings. The highest BCUT2D eigenvalue weighted by molar-refractivity contribution is 5.80. The van der Waals surface area contributed by atoms with E-state index in [-0.39, 0.29) is 5.97 Å². The maximum absolute atomic E-state index is 11.1. The first-order valence-corrected chi connectivity index (χ1v) is 8.37. The third kappa shape index (κ3) is 5.84. The number of hydrogen-bond donors (Lipinski definition) is 1. The van der Waals surface area contributed by atoms with Gasteiger partial charge < -0.3 is 19.5 Å². The standard InChI is InChI=1S/C16H27N5O3/c1-17-16(18-7-4-3-5-15(22)23-2)21-10-8-20(9-11-21)13-14-6-12-24-19-14/h6,12H,3-5,7-11,13H2,1-2H3,(H,17,18). The number of carbonyl (C=O) groups is 1. The summed E-state index contributed by atoms with van der Waals surface area (Å²) in [6, 6.07) is 1.90. The second-order valence-electron chi connectivity index (χ2n) is 5.76. The first-order valence-electron chi connectivity index (χ1n) is 8.37. The van der Waals surface area contributed by atoms with Gasteiger partial charge in [0.1, 0.15) is 6.26 Å². The van der Waals surface area contributed by atoms with Crippen LogP contribution in [-0.4, -0.2) is 73.8 Å². The van der Waals surface area contributed by atoms with Crippen LogP contribution in [0.1, 0.15) is 25.0 Å². The minimum absolute atomic E-state index is 0.150. The van der Waals surface area contributed by atoms with Crippen molar-refractivity contribution in [2.45, 2.75) is 25.8 Å². The van der Waals surface area contributed by atoms with E-state index in [1.165, 1.54) is 7.11 Å². The van der Waals surface area contributed by atoms with Crippen molar-refractivity contribution in [1.82, 2.24) is 20.3 Å². The number of rotatable bonds is 7. The van der Waals surface area contributed by atoms with Gasteiger partial charge in [-0.25, -0.2) is 0 Å². The summed E-state index contributed by atoms with van der Waals surface area (Å²) < 4.78 is 9.51. The van der Waals surface area contributed by atoms with E-state index < -0.39 is 0 Å². The van der Waals surface area contributed by atoms with E-state index in [0.717, 1.165) is 63.8 Å². The van der Waals surface area contributed by atoms with Crippen molar-refractivity contribution in [3.63, 3.8) is 0 Å². The molecule has 1 aliphatic heterocycles. The average Bonchev–Trinajstić information content (AvgIpc) is 3.12. The highest BCUT2D eigenvalue weighted by atomic mass is 16.5. The largest absolute Gasteiger partial charge is 0.469 e. The first kappa shape index (κ1) is 18.3. The van der Waals surface area contributed by atoms with E-state index in [0.29, 0.717) is 6.42 Å². The molecule has 1 saturated heterocycles. The van der Waals surface area contributed by atoms with Gasteiger partial charge in [-0.3, -0.25) is 14.7 Å². The Kier molecular flexibility index (Phi) is 7.54. The Morgan fingerprint density at radius 3 is 2.79 bits per heavy atom. The lowest BCUT2D eigenvalue weighted by molar-refractivity contribution is -0.140. The Balaban J connectivity index is 1.64. The van der Waals surface area contributed by atoms with Crippen LogP contribution in [-0.2, 0) is 16.1 Å². The Morgan fingerprint density at radius 2 is 2.17 bits per heavy atom. The van der Waals surface area contributed by atoms with Gasteiger partial charge in [0, 0.05) is 58.8 Å². The van der Waals surface area contributed by atoms with Crippen LogP contribution in [0.15, 0.2) is 21.8 Å². The van der Waals surface area contributed by atoms with Gasteiger partial charge in [0.15, 0.2) is 5.96 Å². The SMILES string of the molecule is CN=C(NCCCCC(=O)OC)N1CCN(Cc2ccon2)CC1. The van der Waals surface area contributed by atoms with Gasteiger partial charge in [-0.1, -0.05) is 5.16 Å². The number of ether oxygens (including phenoxy) is 1. The van der Waals surface area contributed by atoms with Crippen molar-refractivity contribution in [1.29, 1.82) is 0 Å². The molecular formula is C16H27N5O3. The Morgan fingerprint density at radius 1 is 1.38 bits per heavy atom. The molecule has 1 N–H and O–H groups in total. The molecule has 0 aromatic carbocycles. The predicted molar refractivity (Wildman–Crippen MR) is 90.6 cm³/mol. The molecule has 0 saturated carbocycles. The van der Waals surface area contributed by atoms with E-state index in [2.05, 4.69) is 30.0 Å². The van der Waals surface area contributed by atoms with Crippen molar-refractivity contribution >= 4 is 11.9 Å². The van der Waals surface area contributed by atoms with E-state index >= 15 is 0 Å². The molecule has 1 aromatic rings. The number of piperazine rings is 1. The van der Waals surface area contributed by atoms with Crippen molar-refractivity contribution < 1.29 is 14.1 Å². The van der Waals surface area contributed by atoms with Crippen LogP contribution in [0.5, 0.6) is 0 Å². The summed E-state index contributed by atoms with van der Waals surface area (Å²) in [5.74, 6) is 0.775. The highest BCUT2D eigenvalue weighted by Crippen LogP contribution is 2.07. The fourth-order valence-corrected chi connectivity index (χ4v) is 2.69. The van der Waals surface area contributed by atoms with Crippen molar-refractivity contribution in [2.75, 3.05) is 46.9 Å². The van der Waals surface area contributed by atoms with Gasteiger partial charge in [0.05, 0.1) is 12.8 Å². The molecule has 1 aromatic heterocycles. The molecule has 0 atom stereocenters. The zero-order valence-corrected chi connectivity index (χ0v) is 14.5. The first-order chi connectivity index (χ1) is 11.7. The minimum atomic E-state index is -0.150. The number of unbranched alkanes of at least 4 members (excludes halogenated alkanes) is 1. The fraction of sp³-hybridized carbons (Fsp3) is 0.688. The summed E-state index contributed by atoms with van der Waals surface area (Å²) in [5, 5.41) is 7.33. The summed E-state index contributed by atoms with van der Waals surface area (Å²) in [7, 11) is 3.23. The topological polar surface area (TPSA) is 83.2 Å². The van der Waals surface area contributed by atoms with Gasteiger partial charge in [-0.15, -0.1) is 0 Å². The number of aliphatic imine (C=N–C) groups is 1. The van der Waals surface area contributed by atoms with Gasteiger partial charge in [0.25, 0.3) is 0 Å². The molecule has 24 heavy (non-hydrogen) atoms. The third-order valence-electron chi connectivity index (χ3n) is 4.08. The van der Waals surface area contributed by atoms with Crippen LogP contribution in [0, 0.1) is 0 Å². The maximum atomic E-state index is 11.1. The Bertz CT molecular complexity index is 510. The number of methoxy groups -OCH3 is 1. The fourth-order valence-electron chi connectivity index (χ4n) is 2.69. The Hall–Kier alpha value is -2.09. The molecule has 0 amide bonds. The molecule has 2 rings (SSSR count). The summed E-state index contributed by atoms with van der Waals surface area (Å²) in [4.78, 5) is 20.0. The van der Waals surface area contributed by atoms with Crippen LogP contribution < -0.4 is 5.32 Å². The van der Waals surface area contributed by atoms with Crippen LogP contribution in [0.3, 0.4) is 0 Å². The number of nitrogens with one attached hydrogen (secondary N) is 1. The summed E-state index contributed by atoms with van der Waals surface area (Å²) >= 11 is 0. The number of carbonyl (C=O) groups excluding carboxylic acids is 1. The van der Waals surface area contributed by atoms with E-state index in [1.54, 1.807) is 13.3 Å². The molecule has 1 fully saturated rings. The van der Waals surface area contributed by atoms with E-state index in [9.17, 15) is 4.79 Å². The van der Waals surface area contributed by atoms with Crippen molar-refractivity contribution in [3.05, 3.63) is 18.0 Å². The molecule has 0 spiro atoms. The monoisotopic (exact) mass is 337 g/mol. The van der Waals surface area contributed by atoms with Gasteiger partial charge in [0.2, 0.25) is 0 Å². The van der Waals surface area contributed by atoms with Crippen LogP contribution in [0.4, 0.5) is 0 Å². The molecule has 0 unspecified atom stereocenters. The number of guanidine groups is 1. The zero-order valence-electron chi connectivity index (χ0n) is 14.5. The highest BCUT2D eigenvalue weighted by Gasteiger charge is 2.20. The van der Waals surface area contributed by atoms with Crippen LogP contribution >= 0.6 is 0 Å². The van der Waals surface area contributed by atoms with E-state index in [1.807, 2.05) is 6.07 Å². The Labute approximate surface area is 142 Å². The van der Waals surface area contributed by atoms with Gasteiger partial charge in [-0.05, 0) is 12.8 Å². The minimum Gasteiger partial charge on any atom is -0.469 e. The lowest BCUT2D eigenvalue weighted by Crippen LogP contribution is -2.52. The number of nitrogens with zero attached hydrogens (tertiary/aromatic N) is 4. The molecule has 0 aliphatic carbocycles. The third-order valence-corrected chi connectivity index (χ3v) is 4.08. The molecular weight excluding hydrogens is 310 g/mol. The van der Waals surface area contributed by atoms with Crippen molar-refractivity contribution in [3.8, 4) is 0 Å². The lowest BCUT2D eigenvalue weighted by Gasteiger charge is -2.36. The molecule has 134 valence electrons. The zero-order chi connectivity index (χ0) is 17.2. The van der Waals surface area contributed by atoms with Gasteiger partial charge >= 0.3 is 5.97 Å². The van der Waals surface area contributed by atoms with Crippen LogP contribution in [0.2, 0.25) is 0 Å². The lowest BCUT2D eigenvalue weighted by atomic mass is 10.2. The van der Waals surface area contributed by atoms with Crippen molar-refractivity contribution in [2.24, 2.45) is 4.99 Å². The maximum Gasteiger partial charge on any atom is 0.305 e. The van der Waals surface area contributed by atoms with Gasteiger partial charge in [-0.2, -0.15) is 0 Å². The molecule has 0 radical (unpaired) electrons. The van der Waals surface area contributed by atoms with E-state index in [4.69, 9.17) is 4.52 Å². The second kappa shape index (κ2) is 9.92. The molecule has 0 bridgehead atoms. The predicted octanol–water partition coefficient (Wildman–Crippen LogP) is 0.711. The summed E-state index contributed by atoms with van der Waals surface area (Å²) in [6.07, 6.45) is 3.82. The molecule has 8 heteroatoms. The normalized spacial score (nSPS) is 16.2. The summed E-state index contributed by atoms with van der Waals surface area (Å²) in [6.45, 7) is 5.43. The average molecular weight is 337 g/mol.